The van der Waals surface area contributed by atoms with Crippen LogP contribution in [-0.2, 0) is 10.0 Å². The Bertz CT molecular complexity index is 847. The molecule has 1 saturated heterocycles. The molecule has 0 radical (unpaired) electrons. The molecular formula is C16H17N3O4S. The maximum atomic E-state index is 12.3. The maximum Gasteiger partial charge on any atom is 0.339 e. The van der Waals surface area contributed by atoms with E-state index >= 15 is 0 Å². The second-order valence-corrected chi connectivity index (χ2v) is 7.20. The molecule has 2 N–H and O–H groups in total. The van der Waals surface area contributed by atoms with Crippen LogP contribution >= 0.6 is 0 Å². The number of carbonyl (C=O) groups is 1. The molecule has 0 unspecified atom stereocenters. The lowest BCUT2D eigenvalue weighted by molar-refractivity contribution is 0.0697. The average Bonchev–Trinajstić information content (AvgIpc) is 3.09. The number of aromatic carboxylic acids is 1. The Kier molecular flexibility index (Phi) is 4.39. The molecule has 126 valence electrons. The van der Waals surface area contributed by atoms with E-state index in [1.165, 1.54) is 24.4 Å². The van der Waals surface area contributed by atoms with Crippen molar-refractivity contribution in [2.45, 2.75) is 17.7 Å². The van der Waals surface area contributed by atoms with E-state index in [2.05, 4.69) is 9.71 Å². The number of rotatable bonds is 5. The number of aromatic nitrogens is 1. The van der Waals surface area contributed by atoms with Gasteiger partial charge in [-0.25, -0.2) is 18.2 Å². The zero-order valence-electron chi connectivity index (χ0n) is 12.8. The number of carboxylic acids is 1. The highest BCUT2D eigenvalue weighted by atomic mass is 32.2. The molecule has 1 aliphatic heterocycles. The fourth-order valence-corrected chi connectivity index (χ4v) is 3.72. The SMILES string of the molecule is O=C(O)c1cc(NS(=O)(=O)c2ccccc2)cnc1N1CCCC1. The zero-order valence-corrected chi connectivity index (χ0v) is 13.7. The van der Waals surface area contributed by atoms with Gasteiger partial charge in [0.1, 0.15) is 11.4 Å². The minimum Gasteiger partial charge on any atom is -0.478 e. The van der Waals surface area contributed by atoms with Crippen molar-refractivity contribution in [3.05, 3.63) is 48.2 Å². The maximum absolute atomic E-state index is 12.3. The van der Waals surface area contributed by atoms with E-state index in [0.717, 1.165) is 25.9 Å². The second kappa shape index (κ2) is 6.48. The van der Waals surface area contributed by atoms with Gasteiger partial charge in [-0.1, -0.05) is 18.2 Å². The average molecular weight is 347 g/mol. The first-order chi connectivity index (χ1) is 11.5. The molecule has 1 fully saturated rings. The summed E-state index contributed by atoms with van der Waals surface area (Å²) in [5.41, 5.74) is 0.115. The molecular weight excluding hydrogens is 330 g/mol. The summed E-state index contributed by atoms with van der Waals surface area (Å²) in [6.07, 6.45) is 3.33. The molecule has 8 heteroatoms. The predicted octanol–water partition coefficient (Wildman–Crippen LogP) is 2.18. The summed E-state index contributed by atoms with van der Waals surface area (Å²) >= 11 is 0. The molecule has 3 rings (SSSR count). The minimum absolute atomic E-state index is 0.00911. The number of nitrogens with zero attached hydrogens (tertiary/aromatic N) is 2. The van der Waals surface area contributed by atoms with Crippen molar-refractivity contribution in [3.8, 4) is 0 Å². The van der Waals surface area contributed by atoms with Crippen LogP contribution in [0, 0.1) is 0 Å². The van der Waals surface area contributed by atoms with Gasteiger partial charge in [0.25, 0.3) is 10.0 Å². The van der Waals surface area contributed by atoms with Crippen molar-refractivity contribution in [1.29, 1.82) is 0 Å². The molecule has 24 heavy (non-hydrogen) atoms. The Balaban J connectivity index is 1.92. The third kappa shape index (κ3) is 3.33. The topological polar surface area (TPSA) is 99.6 Å². The van der Waals surface area contributed by atoms with Crippen LogP contribution in [0.2, 0.25) is 0 Å². The van der Waals surface area contributed by atoms with Gasteiger partial charge in [-0.15, -0.1) is 0 Å². The van der Waals surface area contributed by atoms with Crippen molar-refractivity contribution in [1.82, 2.24) is 4.98 Å². The minimum atomic E-state index is -3.78. The number of benzene rings is 1. The fourth-order valence-electron chi connectivity index (χ4n) is 2.67. The fraction of sp³-hybridized carbons (Fsp3) is 0.250. The molecule has 0 bridgehead atoms. The summed E-state index contributed by atoms with van der Waals surface area (Å²) in [5, 5.41) is 9.42. The van der Waals surface area contributed by atoms with Gasteiger partial charge in [0.2, 0.25) is 0 Å². The van der Waals surface area contributed by atoms with Crippen LogP contribution in [0.1, 0.15) is 23.2 Å². The number of hydrogen-bond acceptors (Lipinski definition) is 5. The molecule has 1 aromatic heterocycles. The van der Waals surface area contributed by atoms with E-state index in [0.29, 0.717) is 5.82 Å². The van der Waals surface area contributed by atoms with E-state index < -0.39 is 16.0 Å². The summed E-state index contributed by atoms with van der Waals surface area (Å²) in [5.74, 6) is -0.757. The van der Waals surface area contributed by atoms with E-state index in [9.17, 15) is 18.3 Å². The van der Waals surface area contributed by atoms with E-state index in [-0.39, 0.29) is 16.1 Å². The van der Waals surface area contributed by atoms with Crippen molar-refractivity contribution in [3.63, 3.8) is 0 Å². The standard InChI is InChI=1S/C16H17N3O4S/c20-16(21)14-10-12(11-17-15(14)19-8-4-5-9-19)18-24(22,23)13-6-2-1-3-7-13/h1-3,6-7,10-11,18H,4-5,8-9H2,(H,20,21). The summed E-state index contributed by atoms with van der Waals surface area (Å²) in [7, 11) is -3.78. The molecule has 7 nitrogen and oxygen atoms in total. The normalized spacial score (nSPS) is 14.6. The summed E-state index contributed by atoms with van der Waals surface area (Å²) in [4.78, 5) is 17.7. The van der Waals surface area contributed by atoms with Crippen molar-refractivity contribution < 1.29 is 18.3 Å². The monoisotopic (exact) mass is 347 g/mol. The Morgan fingerprint density at radius 3 is 2.46 bits per heavy atom. The van der Waals surface area contributed by atoms with Crippen molar-refractivity contribution >= 4 is 27.5 Å². The molecule has 2 aromatic rings. The Labute approximate surface area is 140 Å². The molecule has 0 spiro atoms. The molecule has 0 saturated carbocycles. The van der Waals surface area contributed by atoms with Gasteiger partial charge in [-0.2, -0.15) is 0 Å². The Hall–Kier alpha value is -2.61. The molecule has 1 aliphatic rings. The van der Waals surface area contributed by atoms with Gasteiger partial charge in [0, 0.05) is 13.1 Å². The van der Waals surface area contributed by atoms with Gasteiger partial charge in [0.15, 0.2) is 0 Å². The highest BCUT2D eigenvalue weighted by Crippen LogP contribution is 2.26. The van der Waals surface area contributed by atoms with Crippen LogP contribution in [0.15, 0.2) is 47.5 Å². The Morgan fingerprint density at radius 1 is 1.17 bits per heavy atom. The summed E-state index contributed by atoms with van der Waals surface area (Å²) in [6, 6.07) is 9.19. The second-order valence-electron chi connectivity index (χ2n) is 5.51. The summed E-state index contributed by atoms with van der Waals surface area (Å²) in [6.45, 7) is 1.50. The third-order valence-corrected chi connectivity index (χ3v) is 5.21. The van der Waals surface area contributed by atoms with E-state index in [1.54, 1.807) is 18.2 Å². The quantitative estimate of drug-likeness (QED) is 0.860. The van der Waals surface area contributed by atoms with Crippen LogP contribution in [0.5, 0.6) is 0 Å². The molecule has 0 amide bonds. The third-order valence-electron chi connectivity index (χ3n) is 3.81. The van der Waals surface area contributed by atoms with Crippen LogP contribution in [-0.4, -0.2) is 37.6 Å². The number of carboxylic acid groups (broad SMARTS) is 1. The lowest BCUT2D eigenvalue weighted by atomic mass is 10.2. The Morgan fingerprint density at radius 2 is 1.83 bits per heavy atom. The number of nitrogens with one attached hydrogen (secondary N) is 1. The highest BCUT2D eigenvalue weighted by molar-refractivity contribution is 7.92. The van der Waals surface area contributed by atoms with Gasteiger partial charge < -0.3 is 10.0 Å². The van der Waals surface area contributed by atoms with E-state index in [1.807, 2.05) is 4.90 Å². The number of pyridine rings is 1. The van der Waals surface area contributed by atoms with Gasteiger partial charge in [-0.05, 0) is 31.0 Å². The molecule has 1 aromatic carbocycles. The number of anilines is 2. The van der Waals surface area contributed by atoms with Crippen molar-refractivity contribution in [2.75, 3.05) is 22.7 Å². The van der Waals surface area contributed by atoms with Crippen LogP contribution in [0.4, 0.5) is 11.5 Å². The first-order valence-electron chi connectivity index (χ1n) is 7.53. The van der Waals surface area contributed by atoms with Gasteiger partial charge >= 0.3 is 5.97 Å². The molecule has 0 atom stereocenters. The van der Waals surface area contributed by atoms with Crippen LogP contribution < -0.4 is 9.62 Å². The molecule has 2 heterocycles. The lowest BCUT2D eigenvalue weighted by Crippen LogP contribution is -2.22. The number of sulfonamides is 1. The van der Waals surface area contributed by atoms with Crippen LogP contribution in [0.3, 0.4) is 0 Å². The largest absolute Gasteiger partial charge is 0.478 e. The first kappa shape index (κ1) is 16.3. The first-order valence-corrected chi connectivity index (χ1v) is 9.02. The zero-order chi connectivity index (χ0) is 17.2. The number of hydrogen-bond donors (Lipinski definition) is 2. The predicted molar refractivity (Wildman–Crippen MR) is 89.9 cm³/mol. The summed E-state index contributed by atoms with van der Waals surface area (Å²) < 4.78 is 27.0. The van der Waals surface area contributed by atoms with E-state index in [4.69, 9.17) is 0 Å². The van der Waals surface area contributed by atoms with Crippen LogP contribution in [0.25, 0.3) is 0 Å². The highest BCUT2D eigenvalue weighted by Gasteiger charge is 2.22. The van der Waals surface area contributed by atoms with Gasteiger partial charge in [-0.3, -0.25) is 4.72 Å². The molecule has 0 aliphatic carbocycles. The van der Waals surface area contributed by atoms with Crippen molar-refractivity contribution in [2.24, 2.45) is 0 Å². The smallest absolute Gasteiger partial charge is 0.339 e. The lowest BCUT2D eigenvalue weighted by Gasteiger charge is -2.19. The van der Waals surface area contributed by atoms with Gasteiger partial charge in [0.05, 0.1) is 16.8 Å².